The monoisotopic (exact) mass is 340 g/mol. The van der Waals surface area contributed by atoms with E-state index in [2.05, 4.69) is 9.71 Å². The van der Waals surface area contributed by atoms with Gasteiger partial charge in [-0.15, -0.1) is 11.3 Å². The molecule has 0 saturated carbocycles. The van der Waals surface area contributed by atoms with Gasteiger partial charge in [0.1, 0.15) is 6.10 Å². The first kappa shape index (κ1) is 15.0. The van der Waals surface area contributed by atoms with E-state index in [9.17, 15) is 18.3 Å². The molecule has 0 fully saturated rings. The lowest BCUT2D eigenvalue weighted by molar-refractivity contribution is 0.186. The summed E-state index contributed by atoms with van der Waals surface area (Å²) in [5, 5.41) is 11.7. The van der Waals surface area contributed by atoms with E-state index in [4.69, 9.17) is 4.42 Å². The molecule has 22 heavy (non-hydrogen) atoms. The molecule has 7 nitrogen and oxygen atoms in total. The summed E-state index contributed by atoms with van der Waals surface area (Å²) < 4.78 is 31.6. The number of fused-ring (bicyclic) bond motifs is 1. The number of aliphatic hydroxyl groups excluding tert-OH is 1. The third-order valence-electron chi connectivity index (χ3n) is 3.04. The topological polar surface area (TPSA) is 112 Å². The maximum atomic E-state index is 12.2. The number of aromatic nitrogens is 1. The van der Waals surface area contributed by atoms with Crippen molar-refractivity contribution in [2.45, 2.75) is 11.0 Å². The lowest BCUT2D eigenvalue weighted by Gasteiger charge is -2.10. The zero-order chi connectivity index (χ0) is 15.7. The lowest BCUT2D eigenvalue weighted by Crippen LogP contribution is -2.28. The molecule has 2 aromatic heterocycles. The Bertz CT molecular complexity index is 940. The van der Waals surface area contributed by atoms with Crippen LogP contribution in [0.4, 0.5) is 0 Å². The third kappa shape index (κ3) is 2.97. The van der Waals surface area contributed by atoms with Gasteiger partial charge in [0.15, 0.2) is 5.58 Å². The van der Waals surface area contributed by atoms with Crippen LogP contribution in [-0.4, -0.2) is 25.1 Å². The van der Waals surface area contributed by atoms with Gasteiger partial charge in [-0.25, -0.2) is 17.9 Å². The average Bonchev–Trinajstić information content (AvgIpc) is 3.12. The first-order chi connectivity index (χ1) is 10.5. The van der Waals surface area contributed by atoms with Crippen LogP contribution >= 0.6 is 11.3 Å². The van der Waals surface area contributed by atoms with Crippen LogP contribution in [0.3, 0.4) is 0 Å². The molecule has 3 rings (SSSR count). The summed E-state index contributed by atoms with van der Waals surface area (Å²) in [6.45, 7) is -0.141. The fourth-order valence-electron chi connectivity index (χ4n) is 1.95. The highest BCUT2D eigenvalue weighted by Crippen LogP contribution is 2.20. The summed E-state index contributed by atoms with van der Waals surface area (Å²) in [4.78, 5) is 14.1. The summed E-state index contributed by atoms with van der Waals surface area (Å²) in [6, 6.07) is 7.56. The molecule has 116 valence electrons. The van der Waals surface area contributed by atoms with Gasteiger partial charge in [0.2, 0.25) is 10.0 Å². The van der Waals surface area contributed by atoms with Gasteiger partial charge < -0.3 is 9.52 Å². The molecule has 0 bridgehead atoms. The summed E-state index contributed by atoms with van der Waals surface area (Å²) in [7, 11) is -3.81. The Balaban J connectivity index is 1.80. The van der Waals surface area contributed by atoms with Gasteiger partial charge >= 0.3 is 5.76 Å². The van der Waals surface area contributed by atoms with Crippen LogP contribution in [-0.2, 0) is 10.0 Å². The van der Waals surface area contributed by atoms with Crippen LogP contribution in [0, 0.1) is 0 Å². The first-order valence-corrected chi connectivity index (χ1v) is 8.66. The highest BCUT2D eigenvalue weighted by molar-refractivity contribution is 7.89. The Morgan fingerprint density at radius 2 is 2.18 bits per heavy atom. The Kier molecular flexibility index (Phi) is 3.87. The van der Waals surface area contributed by atoms with Crippen molar-refractivity contribution in [3.8, 4) is 0 Å². The van der Waals surface area contributed by atoms with Crippen molar-refractivity contribution in [2.24, 2.45) is 0 Å². The summed E-state index contributed by atoms with van der Waals surface area (Å²) in [6.07, 6.45) is -0.913. The number of thiophene rings is 1. The van der Waals surface area contributed by atoms with Crippen molar-refractivity contribution < 1.29 is 17.9 Å². The number of H-pyrrole nitrogens is 1. The van der Waals surface area contributed by atoms with E-state index in [0.717, 1.165) is 0 Å². The fourth-order valence-corrected chi connectivity index (χ4v) is 3.71. The van der Waals surface area contributed by atoms with Crippen LogP contribution in [0.1, 0.15) is 11.0 Å². The third-order valence-corrected chi connectivity index (χ3v) is 5.44. The number of aliphatic hydroxyl groups is 1. The van der Waals surface area contributed by atoms with Crippen molar-refractivity contribution in [2.75, 3.05) is 6.54 Å². The van der Waals surface area contributed by atoms with Gasteiger partial charge in [0.05, 0.1) is 10.4 Å². The van der Waals surface area contributed by atoms with Gasteiger partial charge in [-0.1, -0.05) is 6.07 Å². The fraction of sp³-hybridized carbons (Fsp3) is 0.154. The van der Waals surface area contributed by atoms with E-state index in [1.54, 1.807) is 17.5 Å². The number of hydrogen-bond donors (Lipinski definition) is 3. The van der Waals surface area contributed by atoms with Crippen molar-refractivity contribution in [3.63, 3.8) is 0 Å². The van der Waals surface area contributed by atoms with Crippen LogP contribution < -0.4 is 10.5 Å². The molecular weight excluding hydrogens is 328 g/mol. The minimum Gasteiger partial charge on any atom is -0.408 e. The SMILES string of the molecule is O=c1[nH]c2ccc(S(=O)(=O)NCC(O)c3cccs3)cc2o1. The molecular formula is C13H12N2O5S2. The molecule has 0 amide bonds. The molecule has 3 N–H and O–H groups in total. The van der Waals surface area contributed by atoms with E-state index in [-0.39, 0.29) is 17.0 Å². The van der Waals surface area contributed by atoms with Crippen LogP contribution in [0.25, 0.3) is 11.1 Å². The zero-order valence-corrected chi connectivity index (χ0v) is 12.8. The predicted molar refractivity (Wildman–Crippen MR) is 81.3 cm³/mol. The van der Waals surface area contributed by atoms with E-state index in [1.807, 2.05) is 0 Å². The second-order valence-electron chi connectivity index (χ2n) is 4.56. The van der Waals surface area contributed by atoms with E-state index >= 15 is 0 Å². The second-order valence-corrected chi connectivity index (χ2v) is 7.30. The molecule has 3 aromatic rings. The standard InChI is InChI=1S/C13H12N2O5S2/c16-10(12-2-1-5-21-12)7-14-22(18,19)8-3-4-9-11(6-8)20-13(17)15-9/h1-6,10,14,16H,7H2,(H,15,17). The molecule has 0 saturated heterocycles. The van der Waals surface area contributed by atoms with E-state index in [0.29, 0.717) is 10.4 Å². The van der Waals surface area contributed by atoms with Gasteiger partial charge in [0.25, 0.3) is 0 Å². The molecule has 1 aromatic carbocycles. The van der Waals surface area contributed by atoms with Crippen molar-refractivity contribution in [1.29, 1.82) is 0 Å². The minimum absolute atomic E-state index is 0.0406. The summed E-state index contributed by atoms with van der Waals surface area (Å²) in [5.41, 5.74) is 0.578. The molecule has 0 aliphatic rings. The van der Waals surface area contributed by atoms with E-state index < -0.39 is 21.9 Å². The van der Waals surface area contributed by atoms with Crippen LogP contribution in [0.15, 0.2) is 49.8 Å². The van der Waals surface area contributed by atoms with Gasteiger partial charge in [-0.3, -0.25) is 4.98 Å². The van der Waals surface area contributed by atoms with E-state index in [1.165, 1.54) is 29.5 Å². The second kappa shape index (κ2) is 5.69. The summed E-state index contributed by atoms with van der Waals surface area (Å²) >= 11 is 1.34. The zero-order valence-electron chi connectivity index (χ0n) is 11.1. The molecule has 0 aliphatic carbocycles. The van der Waals surface area contributed by atoms with Crippen molar-refractivity contribution in [3.05, 3.63) is 51.1 Å². The summed E-state index contributed by atoms with van der Waals surface area (Å²) in [5.74, 6) is -0.648. The number of nitrogens with one attached hydrogen (secondary N) is 2. The maximum absolute atomic E-state index is 12.2. The van der Waals surface area contributed by atoms with Crippen LogP contribution in [0.5, 0.6) is 0 Å². The molecule has 1 unspecified atom stereocenters. The Morgan fingerprint density at radius 1 is 1.36 bits per heavy atom. The minimum atomic E-state index is -3.81. The number of benzene rings is 1. The van der Waals surface area contributed by atoms with Gasteiger partial charge in [-0.2, -0.15) is 0 Å². The largest absolute Gasteiger partial charge is 0.417 e. The predicted octanol–water partition coefficient (Wildman–Crippen LogP) is 1.19. The van der Waals surface area contributed by atoms with Crippen molar-refractivity contribution >= 4 is 32.5 Å². The first-order valence-electron chi connectivity index (χ1n) is 6.30. The Morgan fingerprint density at radius 3 is 2.91 bits per heavy atom. The number of sulfonamides is 1. The number of oxazole rings is 1. The Hall–Kier alpha value is -1.94. The molecule has 0 spiro atoms. The van der Waals surface area contributed by atoms with Gasteiger partial charge in [0, 0.05) is 17.5 Å². The lowest BCUT2D eigenvalue weighted by atomic mass is 10.3. The normalized spacial score (nSPS) is 13.5. The molecule has 1 atom stereocenters. The van der Waals surface area contributed by atoms with Gasteiger partial charge in [-0.05, 0) is 23.6 Å². The smallest absolute Gasteiger partial charge is 0.408 e. The maximum Gasteiger partial charge on any atom is 0.417 e. The highest BCUT2D eigenvalue weighted by Gasteiger charge is 2.18. The molecule has 0 radical (unpaired) electrons. The van der Waals surface area contributed by atoms with Crippen molar-refractivity contribution in [1.82, 2.24) is 9.71 Å². The number of hydrogen-bond acceptors (Lipinski definition) is 6. The molecule has 0 aliphatic heterocycles. The average molecular weight is 340 g/mol. The Labute approximate surface area is 129 Å². The number of rotatable bonds is 5. The quantitative estimate of drug-likeness (QED) is 0.646. The highest BCUT2D eigenvalue weighted by atomic mass is 32.2. The van der Waals surface area contributed by atoms with Crippen LogP contribution in [0.2, 0.25) is 0 Å². The molecule has 9 heteroatoms. The molecule has 2 heterocycles. The number of aromatic amines is 1.